The zero-order chi connectivity index (χ0) is 11.4. The third kappa shape index (κ3) is 2.87. The van der Waals surface area contributed by atoms with Crippen LogP contribution in [0, 0.1) is 5.92 Å². The van der Waals surface area contributed by atoms with E-state index in [-0.39, 0.29) is 17.6 Å². The number of hydrogen-bond acceptors (Lipinski definition) is 4. The first-order chi connectivity index (χ1) is 7.04. The normalized spacial score (nSPS) is 12.1. The summed E-state index contributed by atoms with van der Waals surface area (Å²) in [6.45, 7) is 1.74. The second-order valence-electron chi connectivity index (χ2n) is 3.52. The van der Waals surface area contributed by atoms with Gasteiger partial charge in [-0.15, -0.1) is 0 Å². The molecular weight excluding hydrogens is 194 g/mol. The van der Waals surface area contributed by atoms with Gasteiger partial charge in [-0.1, -0.05) is 6.92 Å². The highest BCUT2D eigenvalue weighted by atomic mass is 16.5. The fourth-order valence-corrected chi connectivity index (χ4v) is 1.38. The van der Waals surface area contributed by atoms with Crippen molar-refractivity contribution in [1.29, 1.82) is 0 Å². The molecule has 0 aliphatic heterocycles. The summed E-state index contributed by atoms with van der Waals surface area (Å²) < 4.78 is 4.60. The molecule has 0 spiro atoms. The molecule has 15 heavy (non-hydrogen) atoms. The Morgan fingerprint density at radius 3 is 2.87 bits per heavy atom. The van der Waals surface area contributed by atoms with E-state index in [4.69, 9.17) is 5.73 Å². The summed E-state index contributed by atoms with van der Waals surface area (Å²) in [5.41, 5.74) is 6.81. The molecule has 0 saturated carbocycles. The van der Waals surface area contributed by atoms with Crippen LogP contribution in [-0.2, 0) is 16.0 Å². The number of ether oxygens (including phenoxy) is 1. The molecule has 0 aliphatic rings. The Labute approximate surface area is 88.7 Å². The minimum Gasteiger partial charge on any atom is -0.508 e. The molecule has 4 heteroatoms. The summed E-state index contributed by atoms with van der Waals surface area (Å²) in [6, 6.07) is 4.80. The standard InChI is InChI=1S/C11H15NO3/c1-7(11(14)15-2)5-8-6-9(12)3-4-10(8)13/h3-4,6-7,13H,5,12H2,1-2H3. The Hall–Kier alpha value is -1.71. The van der Waals surface area contributed by atoms with Crippen LogP contribution in [0.4, 0.5) is 5.69 Å². The number of rotatable bonds is 3. The lowest BCUT2D eigenvalue weighted by molar-refractivity contribution is -0.144. The van der Waals surface area contributed by atoms with Crippen molar-refractivity contribution in [3.8, 4) is 5.75 Å². The molecule has 4 nitrogen and oxygen atoms in total. The molecule has 0 fully saturated rings. The van der Waals surface area contributed by atoms with Crippen molar-refractivity contribution in [3.63, 3.8) is 0 Å². The summed E-state index contributed by atoms with van der Waals surface area (Å²) in [4.78, 5) is 11.2. The third-order valence-electron chi connectivity index (χ3n) is 2.23. The van der Waals surface area contributed by atoms with Gasteiger partial charge in [0.25, 0.3) is 0 Å². The number of anilines is 1. The lowest BCUT2D eigenvalue weighted by atomic mass is 10.00. The smallest absolute Gasteiger partial charge is 0.308 e. The van der Waals surface area contributed by atoms with E-state index in [1.807, 2.05) is 0 Å². The number of phenols is 1. The van der Waals surface area contributed by atoms with Crippen molar-refractivity contribution < 1.29 is 14.6 Å². The van der Waals surface area contributed by atoms with Crippen molar-refractivity contribution >= 4 is 11.7 Å². The first-order valence-electron chi connectivity index (χ1n) is 4.69. The molecule has 0 aromatic heterocycles. The third-order valence-corrected chi connectivity index (χ3v) is 2.23. The Balaban J connectivity index is 2.80. The van der Waals surface area contributed by atoms with E-state index in [2.05, 4.69) is 4.74 Å². The van der Waals surface area contributed by atoms with E-state index < -0.39 is 0 Å². The number of carbonyl (C=O) groups is 1. The Kier molecular flexibility index (Phi) is 3.55. The van der Waals surface area contributed by atoms with Crippen LogP contribution >= 0.6 is 0 Å². The van der Waals surface area contributed by atoms with E-state index in [1.165, 1.54) is 13.2 Å². The lowest BCUT2D eigenvalue weighted by Gasteiger charge is -2.10. The molecule has 3 N–H and O–H groups in total. The van der Waals surface area contributed by atoms with Gasteiger partial charge in [0.15, 0.2) is 0 Å². The molecular formula is C11H15NO3. The average Bonchev–Trinajstić information content (AvgIpc) is 2.22. The predicted molar refractivity (Wildman–Crippen MR) is 57.4 cm³/mol. The van der Waals surface area contributed by atoms with Gasteiger partial charge in [0, 0.05) is 5.69 Å². The molecule has 0 amide bonds. The Bertz CT molecular complexity index is 363. The van der Waals surface area contributed by atoms with Crippen LogP contribution in [-0.4, -0.2) is 18.2 Å². The van der Waals surface area contributed by atoms with Gasteiger partial charge in [0.1, 0.15) is 5.75 Å². The van der Waals surface area contributed by atoms with Gasteiger partial charge in [-0.3, -0.25) is 4.79 Å². The fraction of sp³-hybridized carbons (Fsp3) is 0.364. The number of nitrogens with two attached hydrogens (primary N) is 1. The molecule has 1 rings (SSSR count). The highest BCUT2D eigenvalue weighted by molar-refractivity contribution is 5.72. The van der Waals surface area contributed by atoms with Crippen LogP contribution in [0.5, 0.6) is 5.75 Å². The number of methoxy groups -OCH3 is 1. The highest BCUT2D eigenvalue weighted by Crippen LogP contribution is 2.23. The summed E-state index contributed by atoms with van der Waals surface area (Å²) in [7, 11) is 1.35. The predicted octanol–water partition coefficient (Wildman–Crippen LogP) is 1.33. The highest BCUT2D eigenvalue weighted by Gasteiger charge is 2.15. The number of hydrogen-bond donors (Lipinski definition) is 2. The molecule has 0 bridgehead atoms. The Morgan fingerprint density at radius 1 is 1.60 bits per heavy atom. The zero-order valence-corrected chi connectivity index (χ0v) is 8.86. The first kappa shape index (κ1) is 11.4. The summed E-state index contributed by atoms with van der Waals surface area (Å²) in [5, 5.41) is 9.53. The molecule has 1 aromatic rings. The molecule has 0 heterocycles. The van der Waals surface area contributed by atoms with Crippen molar-refractivity contribution in [1.82, 2.24) is 0 Å². The Morgan fingerprint density at radius 2 is 2.27 bits per heavy atom. The van der Waals surface area contributed by atoms with E-state index in [1.54, 1.807) is 19.1 Å². The van der Waals surface area contributed by atoms with Gasteiger partial charge >= 0.3 is 5.97 Å². The van der Waals surface area contributed by atoms with Crippen molar-refractivity contribution in [2.24, 2.45) is 5.92 Å². The van der Waals surface area contributed by atoms with Gasteiger partial charge in [0.2, 0.25) is 0 Å². The van der Waals surface area contributed by atoms with E-state index in [9.17, 15) is 9.90 Å². The molecule has 1 unspecified atom stereocenters. The van der Waals surface area contributed by atoms with Gasteiger partial charge in [-0.25, -0.2) is 0 Å². The molecule has 1 atom stereocenters. The van der Waals surface area contributed by atoms with Gasteiger partial charge in [-0.2, -0.15) is 0 Å². The van der Waals surface area contributed by atoms with Gasteiger partial charge in [-0.05, 0) is 30.2 Å². The SMILES string of the molecule is COC(=O)C(C)Cc1cc(N)ccc1O. The van der Waals surface area contributed by atoms with Crippen molar-refractivity contribution in [2.75, 3.05) is 12.8 Å². The lowest BCUT2D eigenvalue weighted by Crippen LogP contribution is -2.15. The van der Waals surface area contributed by atoms with Crippen LogP contribution in [0.1, 0.15) is 12.5 Å². The van der Waals surface area contributed by atoms with Crippen LogP contribution in [0.25, 0.3) is 0 Å². The minimum atomic E-state index is -0.295. The van der Waals surface area contributed by atoms with Crippen LogP contribution < -0.4 is 5.73 Å². The minimum absolute atomic E-state index is 0.153. The van der Waals surface area contributed by atoms with Gasteiger partial charge in [0.05, 0.1) is 13.0 Å². The van der Waals surface area contributed by atoms with E-state index >= 15 is 0 Å². The van der Waals surface area contributed by atoms with Crippen LogP contribution in [0.15, 0.2) is 18.2 Å². The number of benzene rings is 1. The van der Waals surface area contributed by atoms with Crippen molar-refractivity contribution in [2.45, 2.75) is 13.3 Å². The maximum Gasteiger partial charge on any atom is 0.308 e. The number of nitrogen functional groups attached to an aromatic ring is 1. The summed E-state index contributed by atoms with van der Waals surface area (Å²) in [6.07, 6.45) is 0.420. The topological polar surface area (TPSA) is 72.5 Å². The zero-order valence-electron chi connectivity index (χ0n) is 8.86. The fourth-order valence-electron chi connectivity index (χ4n) is 1.38. The van der Waals surface area contributed by atoms with E-state index in [0.717, 1.165) is 0 Å². The second kappa shape index (κ2) is 4.68. The molecule has 1 aromatic carbocycles. The second-order valence-corrected chi connectivity index (χ2v) is 3.52. The monoisotopic (exact) mass is 209 g/mol. The largest absolute Gasteiger partial charge is 0.508 e. The van der Waals surface area contributed by atoms with Gasteiger partial charge < -0.3 is 15.6 Å². The quantitative estimate of drug-likeness (QED) is 0.447. The average molecular weight is 209 g/mol. The summed E-state index contributed by atoms with van der Waals surface area (Å²) >= 11 is 0. The molecule has 82 valence electrons. The summed E-state index contributed by atoms with van der Waals surface area (Å²) in [5.74, 6) is -0.431. The maximum atomic E-state index is 11.2. The number of esters is 1. The molecule has 0 saturated heterocycles. The van der Waals surface area contributed by atoms with Crippen LogP contribution in [0.2, 0.25) is 0 Å². The van der Waals surface area contributed by atoms with Crippen LogP contribution in [0.3, 0.4) is 0 Å². The van der Waals surface area contributed by atoms with E-state index in [0.29, 0.717) is 17.7 Å². The molecule has 0 aliphatic carbocycles. The van der Waals surface area contributed by atoms with Crippen molar-refractivity contribution in [3.05, 3.63) is 23.8 Å². The number of phenolic OH excluding ortho intramolecular Hbond substituents is 1. The first-order valence-corrected chi connectivity index (χ1v) is 4.69. The maximum absolute atomic E-state index is 11.2. The number of aromatic hydroxyl groups is 1. The number of carbonyl (C=O) groups excluding carboxylic acids is 1. The molecule has 0 radical (unpaired) electrons.